The fourth-order valence-electron chi connectivity index (χ4n) is 1.55. The first-order valence-corrected chi connectivity index (χ1v) is 6.79. The van der Waals surface area contributed by atoms with E-state index in [1.165, 1.54) is 0 Å². The molecule has 0 saturated heterocycles. The molecule has 0 radical (unpaired) electrons. The van der Waals surface area contributed by atoms with Crippen LogP contribution < -0.4 is 10.1 Å². The lowest BCUT2D eigenvalue weighted by Gasteiger charge is -2.06. The second-order valence-corrected chi connectivity index (χ2v) is 5.15. The van der Waals surface area contributed by atoms with Crippen molar-refractivity contribution in [3.05, 3.63) is 57.3 Å². The Balaban J connectivity index is 1.96. The zero-order valence-electron chi connectivity index (χ0n) is 10.4. The van der Waals surface area contributed by atoms with Gasteiger partial charge in [-0.15, -0.1) is 0 Å². The SMILES string of the molecule is COc1ccc(CNC(=O)c2cccc(I)c2)cn1. The Kier molecular flexibility index (Phi) is 4.73. The third-order valence-corrected chi connectivity index (χ3v) is 3.22. The summed E-state index contributed by atoms with van der Waals surface area (Å²) in [6.07, 6.45) is 1.69. The van der Waals surface area contributed by atoms with Crippen LogP contribution in [0.3, 0.4) is 0 Å². The molecule has 1 amide bonds. The monoisotopic (exact) mass is 368 g/mol. The van der Waals surface area contributed by atoms with E-state index >= 15 is 0 Å². The predicted octanol–water partition coefficient (Wildman–Crippen LogP) is 2.62. The Bertz CT molecular complexity index is 570. The molecular weight excluding hydrogens is 355 g/mol. The first-order chi connectivity index (χ1) is 9.19. The van der Waals surface area contributed by atoms with Crippen LogP contribution in [0.25, 0.3) is 0 Å². The highest BCUT2D eigenvalue weighted by molar-refractivity contribution is 14.1. The third kappa shape index (κ3) is 3.92. The van der Waals surface area contributed by atoms with E-state index in [1.807, 2.05) is 24.3 Å². The van der Waals surface area contributed by atoms with Gasteiger partial charge in [0.15, 0.2) is 0 Å². The zero-order valence-corrected chi connectivity index (χ0v) is 12.5. The van der Waals surface area contributed by atoms with Crippen LogP contribution in [0.4, 0.5) is 0 Å². The number of ether oxygens (including phenoxy) is 1. The molecule has 0 saturated carbocycles. The van der Waals surface area contributed by atoms with Crippen LogP contribution in [-0.4, -0.2) is 18.0 Å². The van der Waals surface area contributed by atoms with Crippen LogP contribution in [0.15, 0.2) is 42.6 Å². The number of nitrogens with one attached hydrogen (secondary N) is 1. The van der Waals surface area contributed by atoms with Crippen molar-refractivity contribution in [3.8, 4) is 5.88 Å². The maximum atomic E-state index is 11.9. The Morgan fingerprint density at radius 2 is 2.21 bits per heavy atom. The molecule has 0 spiro atoms. The molecule has 4 nitrogen and oxygen atoms in total. The minimum atomic E-state index is -0.0886. The third-order valence-electron chi connectivity index (χ3n) is 2.55. The Hall–Kier alpha value is -1.63. The lowest BCUT2D eigenvalue weighted by atomic mass is 10.2. The van der Waals surface area contributed by atoms with E-state index < -0.39 is 0 Å². The van der Waals surface area contributed by atoms with Crippen LogP contribution >= 0.6 is 22.6 Å². The Labute approximate surface area is 125 Å². The average Bonchev–Trinajstić information content (AvgIpc) is 2.45. The molecule has 0 aliphatic rings. The molecule has 0 unspecified atom stereocenters. The van der Waals surface area contributed by atoms with Crippen molar-refractivity contribution in [1.29, 1.82) is 0 Å². The molecule has 1 heterocycles. The van der Waals surface area contributed by atoms with Crippen LogP contribution in [0.2, 0.25) is 0 Å². The molecule has 98 valence electrons. The van der Waals surface area contributed by atoms with Gasteiger partial charge in [0.05, 0.1) is 7.11 Å². The average molecular weight is 368 g/mol. The zero-order chi connectivity index (χ0) is 13.7. The van der Waals surface area contributed by atoms with E-state index in [0.29, 0.717) is 18.0 Å². The number of carbonyl (C=O) groups excluding carboxylic acids is 1. The van der Waals surface area contributed by atoms with E-state index in [4.69, 9.17) is 4.74 Å². The van der Waals surface area contributed by atoms with Gasteiger partial charge in [-0.05, 0) is 46.4 Å². The Morgan fingerprint density at radius 1 is 1.37 bits per heavy atom. The van der Waals surface area contributed by atoms with Crippen LogP contribution in [0.1, 0.15) is 15.9 Å². The number of halogens is 1. The molecule has 19 heavy (non-hydrogen) atoms. The summed E-state index contributed by atoms with van der Waals surface area (Å²) in [5, 5.41) is 2.86. The summed E-state index contributed by atoms with van der Waals surface area (Å²) in [6.45, 7) is 0.446. The number of amides is 1. The van der Waals surface area contributed by atoms with E-state index in [2.05, 4.69) is 32.9 Å². The second kappa shape index (κ2) is 6.51. The molecule has 1 N–H and O–H groups in total. The molecular formula is C14H13IN2O2. The molecule has 0 bridgehead atoms. The maximum Gasteiger partial charge on any atom is 0.251 e. The molecule has 1 aromatic heterocycles. The number of aromatic nitrogens is 1. The standard InChI is InChI=1S/C14H13IN2O2/c1-19-13-6-5-10(8-16-13)9-17-14(18)11-3-2-4-12(15)7-11/h2-8H,9H2,1H3,(H,17,18). The van der Waals surface area contributed by atoms with Crippen molar-refractivity contribution in [1.82, 2.24) is 10.3 Å². The van der Waals surface area contributed by atoms with Gasteiger partial charge in [-0.1, -0.05) is 12.1 Å². The first-order valence-electron chi connectivity index (χ1n) is 5.72. The summed E-state index contributed by atoms with van der Waals surface area (Å²) in [4.78, 5) is 16.0. The highest BCUT2D eigenvalue weighted by atomic mass is 127. The summed E-state index contributed by atoms with van der Waals surface area (Å²) >= 11 is 2.18. The van der Waals surface area contributed by atoms with Crippen molar-refractivity contribution in [2.75, 3.05) is 7.11 Å². The van der Waals surface area contributed by atoms with Crippen molar-refractivity contribution < 1.29 is 9.53 Å². The smallest absolute Gasteiger partial charge is 0.251 e. The number of hydrogen-bond donors (Lipinski definition) is 1. The number of nitrogens with zero attached hydrogens (tertiary/aromatic N) is 1. The molecule has 5 heteroatoms. The minimum Gasteiger partial charge on any atom is -0.481 e. The van der Waals surface area contributed by atoms with Gasteiger partial charge < -0.3 is 10.1 Å². The summed E-state index contributed by atoms with van der Waals surface area (Å²) in [7, 11) is 1.57. The number of pyridine rings is 1. The van der Waals surface area contributed by atoms with Gasteiger partial charge in [-0.3, -0.25) is 4.79 Å². The molecule has 0 atom stereocenters. The number of benzene rings is 1. The summed E-state index contributed by atoms with van der Waals surface area (Å²) in [6, 6.07) is 11.1. The highest BCUT2D eigenvalue weighted by Gasteiger charge is 2.05. The van der Waals surface area contributed by atoms with Gasteiger partial charge in [0, 0.05) is 27.9 Å². The number of carbonyl (C=O) groups is 1. The fraction of sp³-hybridized carbons (Fsp3) is 0.143. The van der Waals surface area contributed by atoms with Gasteiger partial charge in [0.1, 0.15) is 0 Å². The Morgan fingerprint density at radius 3 is 2.84 bits per heavy atom. The van der Waals surface area contributed by atoms with E-state index in [1.54, 1.807) is 25.4 Å². The highest BCUT2D eigenvalue weighted by Crippen LogP contribution is 2.09. The van der Waals surface area contributed by atoms with Crippen LogP contribution in [0, 0.1) is 3.57 Å². The van der Waals surface area contributed by atoms with Gasteiger partial charge in [0.2, 0.25) is 5.88 Å². The normalized spacial score (nSPS) is 10.0. The molecule has 0 aliphatic heterocycles. The lowest BCUT2D eigenvalue weighted by molar-refractivity contribution is 0.0951. The van der Waals surface area contributed by atoms with Crippen LogP contribution in [0.5, 0.6) is 5.88 Å². The van der Waals surface area contributed by atoms with Gasteiger partial charge in [0.25, 0.3) is 5.91 Å². The van der Waals surface area contributed by atoms with Crippen LogP contribution in [-0.2, 0) is 6.54 Å². The largest absolute Gasteiger partial charge is 0.481 e. The number of methoxy groups -OCH3 is 1. The van der Waals surface area contributed by atoms with Crippen molar-refractivity contribution in [2.45, 2.75) is 6.54 Å². The van der Waals surface area contributed by atoms with E-state index in [-0.39, 0.29) is 5.91 Å². The van der Waals surface area contributed by atoms with E-state index in [0.717, 1.165) is 9.13 Å². The number of hydrogen-bond acceptors (Lipinski definition) is 3. The summed E-state index contributed by atoms with van der Waals surface area (Å²) < 4.78 is 6.02. The van der Waals surface area contributed by atoms with Gasteiger partial charge >= 0.3 is 0 Å². The topological polar surface area (TPSA) is 51.2 Å². The maximum absolute atomic E-state index is 11.9. The lowest BCUT2D eigenvalue weighted by Crippen LogP contribution is -2.22. The molecule has 2 aromatic rings. The van der Waals surface area contributed by atoms with Crippen molar-refractivity contribution in [2.24, 2.45) is 0 Å². The fourth-order valence-corrected chi connectivity index (χ4v) is 2.09. The summed E-state index contributed by atoms with van der Waals surface area (Å²) in [5.41, 5.74) is 1.59. The molecule has 2 rings (SSSR count). The number of rotatable bonds is 4. The first kappa shape index (κ1) is 13.8. The van der Waals surface area contributed by atoms with Crippen molar-refractivity contribution in [3.63, 3.8) is 0 Å². The second-order valence-electron chi connectivity index (χ2n) is 3.90. The summed E-state index contributed by atoms with van der Waals surface area (Å²) in [5.74, 6) is 0.474. The minimum absolute atomic E-state index is 0.0886. The molecule has 1 aromatic carbocycles. The predicted molar refractivity (Wildman–Crippen MR) is 81.1 cm³/mol. The molecule has 0 fully saturated rings. The quantitative estimate of drug-likeness (QED) is 0.845. The van der Waals surface area contributed by atoms with Crippen molar-refractivity contribution >= 4 is 28.5 Å². The molecule has 0 aliphatic carbocycles. The van der Waals surface area contributed by atoms with Gasteiger partial charge in [-0.25, -0.2) is 4.98 Å². The van der Waals surface area contributed by atoms with E-state index in [9.17, 15) is 4.79 Å². The van der Waals surface area contributed by atoms with Gasteiger partial charge in [-0.2, -0.15) is 0 Å².